The summed E-state index contributed by atoms with van der Waals surface area (Å²) in [6.07, 6.45) is -0.561. The summed E-state index contributed by atoms with van der Waals surface area (Å²) in [5.41, 5.74) is 1.03. The van der Waals surface area contributed by atoms with Gasteiger partial charge in [0.15, 0.2) is 0 Å². The second kappa shape index (κ2) is 7.58. The van der Waals surface area contributed by atoms with Crippen LogP contribution in [-0.4, -0.2) is 33.9 Å². The van der Waals surface area contributed by atoms with Gasteiger partial charge >= 0.3 is 0 Å². The first-order valence-electron chi connectivity index (χ1n) is 5.76. The summed E-state index contributed by atoms with van der Waals surface area (Å²) in [4.78, 5) is 0. The molecule has 1 aromatic rings. The lowest BCUT2D eigenvalue weighted by atomic mass is 10.2. The minimum absolute atomic E-state index is 0.0900. The molecule has 0 aromatic heterocycles. The summed E-state index contributed by atoms with van der Waals surface area (Å²) >= 11 is 0. The molecule has 0 amide bonds. The third kappa shape index (κ3) is 6.56. The third-order valence-electron chi connectivity index (χ3n) is 2.17. The van der Waals surface area contributed by atoms with Crippen LogP contribution in [0.4, 0.5) is 0 Å². The monoisotopic (exact) mass is 256 g/mol. The fraction of sp³-hybridized carbons (Fsp3) is 0.538. The molecule has 0 radical (unpaired) electrons. The van der Waals surface area contributed by atoms with Crippen LogP contribution in [0.5, 0.6) is 0 Å². The van der Waals surface area contributed by atoms with Crippen LogP contribution in [0.1, 0.15) is 19.4 Å². The Hall–Kier alpha value is -0.710. The molecule has 4 heteroatoms. The van der Waals surface area contributed by atoms with Gasteiger partial charge in [0, 0.05) is 16.6 Å². The van der Waals surface area contributed by atoms with Gasteiger partial charge in [-0.3, -0.25) is 4.21 Å². The highest BCUT2D eigenvalue weighted by Crippen LogP contribution is 2.04. The quantitative estimate of drug-likeness (QED) is 0.808. The van der Waals surface area contributed by atoms with Crippen molar-refractivity contribution in [1.29, 1.82) is 0 Å². The molecule has 1 aromatic carbocycles. The van der Waals surface area contributed by atoms with Crippen molar-refractivity contribution in [2.75, 3.05) is 12.4 Å². The van der Waals surface area contributed by atoms with Crippen LogP contribution in [0.25, 0.3) is 0 Å². The maximum Gasteiger partial charge on any atom is 0.0888 e. The average Bonchev–Trinajstić information content (AvgIpc) is 2.27. The maximum atomic E-state index is 11.8. The predicted molar refractivity (Wildman–Crippen MR) is 70.3 cm³/mol. The van der Waals surface area contributed by atoms with Crippen molar-refractivity contribution >= 4 is 10.8 Å². The van der Waals surface area contributed by atoms with E-state index in [1.807, 2.05) is 44.2 Å². The summed E-state index contributed by atoms with van der Waals surface area (Å²) < 4.78 is 17.0. The molecule has 1 rings (SSSR count). The summed E-state index contributed by atoms with van der Waals surface area (Å²) in [7, 11) is -1.05. The highest BCUT2D eigenvalue weighted by Gasteiger charge is 2.11. The molecule has 0 spiro atoms. The van der Waals surface area contributed by atoms with Gasteiger partial charge in [-0.05, 0) is 19.4 Å². The van der Waals surface area contributed by atoms with Gasteiger partial charge in [0.25, 0.3) is 0 Å². The van der Waals surface area contributed by atoms with E-state index in [0.29, 0.717) is 5.75 Å². The second-order valence-corrected chi connectivity index (χ2v) is 5.77. The van der Waals surface area contributed by atoms with Crippen molar-refractivity contribution in [2.45, 2.75) is 31.8 Å². The van der Waals surface area contributed by atoms with Gasteiger partial charge < -0.3 is 9.84 Å². The van der Waals surface area contributed by atoms with E-state index in [1.165, 1.54) is 0 Å². The first kappa shape index (κ1) is 14.4. The lowest BCUT2D eigenvalue weighted by molar-refractivity contribution is 0.0149. The van der Waals surface area contributed by atoms with Gasteiger partial charge in [-0.1, -0.05) is 30.3 Å². The summed E-state index contributed by atoms with van der Waals surface area (Å²) in [6.45, 7) is 4.07. The van der Waals surface area contributed by atoms with E-state index in [0.717, 1.165) is 5.56 Å². The minimum Gasteiger partial charge on any atom is -0.390 e. The van der Waals surface area contributed by atoms with Gasteiger partial charge in [0.05, 0.1) is 24.6 Å². The lowest BCUT2D eigenvalue weighted by Gasteiger charge is -2.13. The van der Waals surface area contributed by atoms with E-state index < -0.39 is 16.9 Å². The van der Waals surface area contributed by atoms with Gasteiger partial charge in [0.1, 0.15) is 0 Å². The Morgan fingerprint density at radius 3 is 2.53 bits per heavy atom. The molecule has 0 saturated carbocycles. The summed E-state index contributed by atoms with van der Waals surface area (Å²) in [6, 6.07) is 9.65. The molecule has 0 saturated heterocycles. The molecule has 1 N–H and O–H groups in total. The minimum atomic E-state index is -1.05. The van der Waals surface area contributed by atoms with Gasteiger partial charge in [-0.2, -0.15) is 0 Å². The highest BCUT2D eigenvalue weighted by atomic mass is 32.2. The Balaban J connectivity index is 2.29. The maximum absolute atomic E-state index is 11.8. The Morgan fingerprint density at radius 1 is 1.29 bits per heavy atom. The number of hydrogen-bond acceptors (Lipinski definition) is 3. The third-order valence-corrected chi connectivity index (χ3v) is 3.58. The highest BCUT2D eigenvalue weighted by molar-refractivity contribution is 7.84. The van der Waals surface area contributed by atoms with Crippen molar-refractivity contribution in [1.82, 2.24) is 0 Å². The van der Waals surface area contributed by atoms with Crippen LogP contribution >= 0.6 is 0 Å². The number of rotatable bonds is 7. The molecule has 0 heterocycles. The molecule has 3 nitrogen and oxygen atoms in total. The van der Waals surface area contributed by atoms with Crippen LogP contribution < -0.4 is 0 Å². The normalized spacial score (nSPS) is 14.8. The Labute approximate surface area is 105 Å². The molecule has 0 aliphatic carbocycles. The van der Waals surface area contributed by atoms with Crippen LogP contribution in [-0.2, 0) is 21.3 Å². The van der Waals surface area contributed by atoms with Gasteiger partial charge in [-0.25, -0.2) is 0 Å². The molecule has 17 heavy (non-hydrogen) atoms. The molecule has 0 aliphatic rings. The van der Waals surface area contributed by atoms with E-state index in [-0.39, 0.29) is 18.5 Å². The van der Waals surface area contributed by atoms with Crippen molar-refractivity contribution in [3.8, 4) is 0 Å². The number of hydrogen-bond donors (Lipinski definition) is 1. The van der Waals surface area contributed by atoms with Crippen LogP contribution in [0.2, 0.25) is 0 Å². The smallest absolute Gasteiger partial charge is 0.0888 e. The van der Waals surface area contributed by atoms with Crippen LogP contribution in [0.3, 0.4) is 0 Å². The van der Waals surface area contributed by atoms with Crippen molar-refractivity contribution in [2.24, 2.45) is 0 Å². The van der Waals surface area contributed by atoms with E-state index in [9.17, 15) is 9.32 Å². The van der Waals surface area contributed by atoms with Crippen molar-refractivity contribution in [3.63, 3.8) is 0 Å². The van der Waals surface area contributed by atoms with Gasteiger partial charge in [-0.15, -0.1) is 0 Å². The molecule has 0 bridgehead atoms. The van der Waals surface area contributed by atoms with Crippen molar-refractivity contribution in [3.05, 3.63) is 35.9 Å². The first-order valence-corrected chi connectivity index (χ1v) is 7.25. The van der Waals surface area contributed by atoms with Gasteiger partial charge in [0.2, 0.25) is 0 Å². The number of aliphatic hydroxyl groups is 1. The molecular formula is C13H20O3S. The van der Waals surface area contributed by atoms with Crippen molar-refractivity contribution < 1.29 is 14.1 Å². The largest absolute Gasteiger partial charge is 0.390 e. The molecular weight excluding hydrogens is 236 g/mol. The van der Waals surface area contributed by atoms with Crippen LogP contribution in [0, 0.1) is 0 Å². The second-order valence-electron chi connectivity index (χ2n) is 4.27. The molecule has 0 aliphatic heterocycles. The molecule has 0 fully saturated rings. The first-order chi connectivity index (χ1) is 8.08. The average molecular weight is 256 g/mol. The summed E-state index contributed by atoms with van der Waals surface area (Å²) in [5, 5.41) is 9.63. The SMILES string of the molecule is CC(C)OC[C@@H](O)C[S@](=O)Cc1ccccc1. The van der Waals surface area contributed by atoms with E-state index in [1.54, 1.807) is 0 Å². The number of benzene rings is 1. The predicted octanol–water partition coefficient (Wildman–Crippen LogP) is 1.72. The molecule has 0 unspecified atom stereocenters. The molecule has 2 atom stereocenters. The fourth-order valence-electron chi connectivity index (χ4n) is 1.39. The Morgan fingerprint density at radius 2 is 1.94 bits per heavy atom. The fourth-order valence-corrected chi connectivity index (χ4v) is 2.59. The zero-order valence-corrected chi connectivity index (χ0v) is 11.2. The zero-order valence-electron chi connectivity index (χ0n) is 10.3. The van der Waals surface area contributed by atoms with E-state index in [4.69, 9.17) is 4.74 Å². The summed E-state index contributed by atoms with van der Waals surface area (Å²) in [5.74, 6) is 0.751. The van der Waals surface area contributed by atoms with E-state index in [2.05, 4.69) is 0 Å². The molecule has 96 valence electrons. The number of aliphatic hydroxyl groups excluding tert-OH is 1. The Kier molecular flexibility index (Phi) is 6.40. The van der Waals surface area contributed by atoms with Crippen LogP contribution in [0.15, 0.2) is 30.3 Å². The number of ether oxygens (including phenoxy) is 1. The lowest BCUT2D eigenvalue weighted by Crippen LogP contribution is -2.25. The topological polar surface area (TPSA) is 46.5 Å². The standard InChI is InChI=1S/C13H20O3S/c1-11(2)16-8-13(14)10-17(15)9-12-6-4-3-5-7-12/h3-7,11,13-14H,8-10H2,1-2H3/t13-,17-/m1/s1. The zero-order chi connectivity index (χ0) is 12.7. The van der Waals surface area contributed by atoms with E-state index >= 15 is 0 Å². The Bertz CT molecular complexity index is 338.